The predicted molar refractivity (Wildman–Crippen MR) is 100 cm³/mol. The molecule has 2 aromatic rings. The number of nitrogens with one attached hydrogen (secondary N) is 1. The van der Waals surface area contributed by atoms with Crippen LogP contribution in [-0.2, 0) is 20.0 Å². The lowest BCUT2D eigenvalue weighted by atomic mass is 10.2. The number of rotatable bonds is 4. The summed E-state index contributed by atoms with van der Waals surface area (Å²) >= 11 is 0. The molecule has 0 aliphatic carbocycles. The smallest absolute Gasteiger partial charge is 0.263 e. The van der Waals surface area contributed by atoms with Crippen LogP contribution >= 0.6 is 0 Å². The van der Waals surface area contributed by atoms with Crippen LogP contribution < -0.4 is 5.56 Å². The maximum atomic E-state index is 12.8. The first-order valence-corrected chi connectivity index (χ1v) is 9.21. The standard InChI is InChI=1S/C19H27N5O2/c1-4-17-20-14(2)16(21-17)13-23-9-6-10-24(12-11-23)19(26)15-7-5-8-22(3)18(15)25/h5,7-8H,4,6,9-13H2,1-3H3,(H,20,21). The number of H-pyrrole nitrogens is 1. The van der Waals surface area contributed by atoms with Crippen LogP contribution in [0.1, 0.15) is 40.9 Å². The van der Waals surface area contributed by atoms with Crippen molar-refractivity contribution in [3.05, 3.63) is 51.5 Å². The van der Waals surface area contributed by atoms with Crippen molar-refractivity contribution in [3.8, 4) is 0 Å². The Kier molecular flexibility index (Phi) is 5.56. The predicted octanol–water partition coefficient (Wildman–Crippen LogP) is 1.33. The fourth-order valence-electron chi connectivity index (χ4n) is 3.36. The summed E-state index contributed by atoms with van der Waals surface area (Å²) < 4.78 is 1.45. The molecule has 7 nitrogen and oxygen atoms in total. The van der Waals surface area contributed by atoms with Gasteiger partial charge in [-0.05, 0) is 25.5 Å². The van der Waals surface area contributed by atoms with E-state index in [0.717, 1.165) is 49.7 Å². The molecule has 0 atom stereocenters. The summed E-state index contributed by atoms with van der Waals surface area (Å²) in [6, 6.07) is 3.36. The fraction of sp³-hybridized carbons (Fsp3) is 0.526. The van der Waals surface area contributed by atoms with Crippen molar-refractivity contribution in [3.63, 3.8) is 0 Å². The van der Waals surface area contributed by atoms with Crippen molar-refractivity contribution in [2.24, 2.45) is 7.05 Å². The number of carbonyl (C=O) groups is 1. The Morgan fingerprint density at radius 1 is 1.27 bits per heavy atom. The molecule has 26 heavy (non-hydrogen) atoms. The summed E-state index contributed by atoms with van der Waals surface area (Å²) in [5.41, 5.74) is 2.21. The molecule has 0 bridgehead atoms. The monoisotopic (exact) mass is 357 g/mol. The second-order valence-corrected chi connectivity index (χ2v) is 6.87. The molecule has 3 heterocycles. The molecule has 1 N–H and O–H groups in total. The average Bonchev–Trinajstić information content (AvgIpc) is 2.83. The third-order valence-electron chi connectivity index (χ3n) is 4.97. The number of pyridine rings is 1. The molecule has 0 saturated carbocycles. The van der Waals surface area contributed by atoms with E-state index in [9.17, 15) is 9.59 Å². The largest absolute Gasteiger partial charge is 0.346 e. The van der Waals surface area contributed by atoms with E-state index in [1.807, 2.05) is 0 Å². The third-order valence-corrected chi connectivity index (χ3v) is 4.97. The molecule has 7 heteroatoms. The quantitative estimate of drug-likeness (QED) is 0.896. The van der Waals surface area contributed by atoms with E-state index < -0.39 is 0 Å². The number of hydrogen-bond donors (Lipinski definition) is 1. The minimum absolute atomic E-state index is 0.169. The van der Waals surface area contributed by atoms with Gasteiger partial charge in [0.1, 0.15) is 11.4 Å². The summed E-state index contributed by atoms with van der Waals surface area (Å²) in [4.78, 5) is 37.1. The zero-order chi connectivity index (χ0) is 18.7. The summed E-state index contributed by atoms with van der Waals surface area (Å²) in [6.45, 7) is 7.94. The number of nitrogens with zero attached hydrogens (tertiary/aromatic N) is 4. The molecule has 1 amide bonds. The van der Waals surface area contributed by atoms with Crippen molar-refractivity contribution in [1.29, 1.82) is 0 Å². The lowest BCUT2D eigenvalue weighted by molar-refractivity contribution is 0.0758. The molecular formula is C19H27N5O2. The lowest BCUT2D eigenvalue weighted by Gasteiger charge is -2.21. The van der Waals surface area contributed by atoms with Crippen molar-refractivity contribution in [2.75, 3.05) is 26.2 Å². The summed E-state index contributed by atoms with van der Waals surface area (Å²) in [5, 5.41) is 0. The first kappa shape index (κ1) is 18.4. The van der Waals surface area contributed by atoms with Gasteiger partial charge in [-0.15, -0.1) is 0 Å². The van der Waals surface area contributed by atoms with E-state index >= 15 is 0 Å². The van der Waals surface area contributed by atoms with Gasteiger partial charge in [-0.3, -0.25) is 14.5 Å². The highest BCUT2D eigenvalue weighted by molar-refractivity contribution is 5.93. The number of aromatic amines is 1. The Hall–Kier alpha value is -2.41. The Labute approximate surface area is 153 Å². The van der Waals surface area contributed by atoms with Gasteiger partial charge in [0.15, 0.2) is 0 Å². The van der Waals surface area contributed by atoms with Crippen LogP contribution in [0.25, 0.3) is 0 Å². The number of hydrogen-bond acceptors (Lipinski definition) is 4. The molecular weight excluding hydrogens is 330 g/mol. The van der Waals surface area contributed by atoms with Crippen LogP contribution in [0.2, 0.25) is 0 Å². The number of carbonyl (C=O) groups excluding carboxylic acids is 1. The van der Waals surface area contributed by atoms with Gasteiger partial charge < -0.3 is 14.5 Å². The lowest BCUT2D eigenvalue weighted by Crippen LogP contribution is -2.38. The van der Waals surface area contributed by atoms with Crippen LogP contribution in [0, 0.1) is 6.92 Å². The van der Waals surface area contributed by atoms with Crippen LogP contribution in [-0.4, -0.2) is 56.4 Å². The van der Waals surface area contributed by atoms with Crippen molar-refractivity contribution >= 4 is 5.91 Å². The van der Waals surface area contributed by atoms with Gasteiger partial charge in [0.2, 0.25) is 0 Å². The van der Waals surface area contributed by atoms with Gasteiger partial charge in [0.25, 0.3) is 11.5 Å². The maximum Gasteiger partial charge on any atom is 0.263 e. The van der Waals surface area contributed by atoms with E-state index in [4.69, 9.17) is 0 Å². The Morgan fingerprint density at radius 2 is 2.08 bits per heavy atom. The highest BCUT2D eigenvalue weighted by Crippen LogP contribution is 2.13. The van der Waals surface area contributed by atoms with E-state index in [1.165, 1.54) is 4.57 Å². The third kappa shape index (κ3) is 3.88. The van der Waals surface area contributed by atoms with Gasteiger partial charge in [-0.2, -0.15) is 0 Å². The molecule has 140 valence electrons. The summed E-state index contributed by atoms with van der Waals surface area (Å²) in [6.07, 6.45) is 3.46. The molecule has 3 rings (SSSR count). The molecule has 0 aromatic carbocycles. The van der Waals surface area contributed by atoms with Crippen LogP contribution in [0.5, 0.6) is 0 Å². The summed E-state index contributed by atoms with van der Waals surface area (Å²) in [5.74, 6) is 0.848. The number of imidazole rings is 1. The highest BCUT2D eigenvalue weighted by atomic mass is 16.2. The number of aryl methyl sites for hydroxylation is 3. The van der Waals surface area contributed by atoms with Gasteiger partial charge >= 0.3 is 0 Å². The van der Waals surface area contributed by atoms with Gasteiger partial charge in [0, 0.05) is 58.1 Å². The molecule has 0 radical (unpaired) electrons. The minimum atomic E-state index is -0.238. The van der Waals surface area contributed by atoms with Crippen molar-refractivity contribution in [2.45, 2.75) is 33.2 Å². The average molecular weight is 357 g/mol. The maximum absolute atomic E-state index is 12.8. The summed E-state index contributed by atoms with van der Waals surface area (Å²) in [7, 11) is 1.67. The van der Waals surface area contributed by atoms with E-state index in [0.29, 0.717) is 13.1 Å². The second-order valence-electron chi connectivity index (χ2n) is 6.87. The highest BCUT2D eigenvalue weighted by Gasteiger charge is 2.23. The van der Waals surface area contributed by atoms with Crippen LogP contribution in [0.15, 0.2) is 23.1 Å². The van der Waals surface area contributed by atoms with Crippen LogP contribution in [0.4, 0.5) is 0 Å². The van der Waals surface area contributed by atoms with E-state index in [2.05, 4.69) is 28.7 Å². The van der Waals surface area contributed by atoms with Gasteiger partial charge in [-0.1, -0.05) is 6.92 Å². The molecule has 1 saturated heterocycles. The zero-order valence-electron chi connectivity index (χ0n) is 15.8. The van der Waals surface area contributed by atoms with Gasteiger partial charge in [0.05, 0.1) is 5.69 Å². The van der Waals surface area contributed by atoms with Crippen molar-refractivity contribution < 1.29 is 4.79 Å². The normalized spacial score (nSPS) is 15.9. The number of amides is 1. The Bertz CT molecular complexity index is 839. The van der Waals surface area contributed by atoms with Crippen molar-refractivity contribution in [1.82, 2.24) is 24.3 Å². The molecule has 0 spiro atoms. The van der Waals surface area contributed by atoms with E-state index in [-0.39, 0.29) is 17.0 Å². The first-order chi connectivity index (χ1) is 12.5. The first-order valence-electron chi connectivity index (χ1n) is 9.21. The molecule has 1 aliphatic heterocycles. The molecule has 1 aliphatic rings. The molecule has 0 unspecified atom stereocenters. The second kappa shape index (κ2) is 7.86. The van der Waals surface area contributed by atoms with Crippen LogP contribution in [0.3, 0.4) is 0 Å². The fourth-order valence-corrected chi connectivity index (χ4v) is 3.36. The molecule has 1 fully saturated rings. The minimum Gasteiger partial charge on any atom is -0.346 e. The SMILES string of the molecule is CCc1nc(CN2CCCN(C(=O)c3cccn(C)c3=O)CC2)c(C)[nH]1. The Morgan fingerprint density at radius 3 is 2.81 bits per heavy atom. The Balaban J connectivity index is 1.66. The zero-order valence-corrected chi connectivity index (χ0v) is 15.8. The van der Waals surface area contributed by atoms with E-state index in [1.54, 1.807) is 30.3 Å². The molecule has 2 aromatic heterocycles. The van der Waals surface area contributed by atoms with Gasteiger partial charge in [-0.25, -0.2) is 4.98 Å². The topological polar surface area (TPSA) is 74.2 Å². The number of aromatic nitrogens is 3.